The van der Waals surface area contributed by atoms with Gasteiger partial charge in [-0.15, -0.1) is 0 Å². The molecular weight excluding hydrogens is 457 g/mol. The normalized spacial score (nSPS) is 16.0. The van der Waals surface area contributed by atoms with Crippen LogP contribution < -0.4 is 5.32 Å². The Labute approximate surface area is 189 Å². The van der Waals surface area contributed by atoms with Gasteiger partial charge in [-0.3, -0.25) is 4.79 Å². The lowest BCUT2D eigenvalue weighted by Crippen LogP contribution is -2.32. The second-order valence-electron chi connectivity index (χ2n) is 7.90. The van der Waals surface area contributed by atoms with E-state index in [0.29, 0.717) is 13.1 Å². The Morgan fingerprint density at radius 1 is 1.00 bits per heavy atom. The van der Waals surface area contributed by atoms with Gasteiger partial charge in [0.15, 0.2) is 0 Å². The fourth-order valence-electron chi connectivity index (χ4n) is 3.96. The van der Waals surface area contributed by atoms with Gasteiger partial charge in [-0.2, -0.15) is 17.5 Å². The van der Waals surface area contributed by atoms with Crippen LogP contribution in [0.1, 0.15) is 31.5 Å². The van der Waals surface area contributed by atoms with E-state index in [2.05, 4.69) is 10.3 Å². The SMILES string of the molecule is O=C(Cn1c(C(F)(F)F)nc2ccccc21)Nc1cccc(S(=O)(=O)N2CCCCCC2)c1. The number of para-hydroxylation sites is 2. The largest absolute Gasteiger partial charge is 0.449 e. The number of amides is 1. The van der Waals surface area contributed by atoms with Crippen molar-refractivity contribution in [1.82, 2.24) is 13.9 Å². The molecule has 1 saturated heterocycles. The molecule has 2 aromatic carbocycles. The molecule has 4 rings (SSSR count). The molecule has 3 aromatic rings. The van der Waals surface area contributed by atoms with Crippen LogP contribution in [0.4, 0.5) is 18.9 Å². The third kappa shape index (κ3) is 5.03. The number of aromatic nitrogens is 2. The number of rotatable bonds is 5. The van der Waals surface area contributed by atoms with Gasteiger partial charge in [-0.1, -0.05) is 31.0 Å². The molecule has 0 aliphatic carbocycles. The number of fused-ring (bicyclic) bond motifs is 1. The van der Waals surface area contributed by atoms with Gasteiger partial charge < -0.3 is 9.88 Å². The van der Waals surface area contributed by atoms with Crippen molar-refractivity contribution in [2.24, 2.45) is 0 Å². The van der Waals surface area contributed by atoms with E-state index in [0.717, 1.165) is 30.3 Å². The first-order valence-electron chi connectivity index (χ1n) is 10.6. The first kappa shape index (κ1) is 23.2. The topological polar surface area (TPSA) is 84.3 Å². The fourth-order valence-corrected chi connectivity index (χ4v) is 5.52. The molecule has 7 nitrogen and oxygen atoms in total. The van der Waals surface area contributed by atoms with E-state index in [9.17, 15) is 26.4 Å². The Morgan fingerprint density at radius 2 is 1.70 bits per heavy atom. The number of nitrogens with one attached hydrogen (secondary N) is 1. The summed E-state index contributed by atoms with van der Waals surface area (Å²) in [5.74, 6) is -1.90. The molecule has 176 valence electrons. The molecule has 11 heteroatoms. The highest BCUT2D eigenvalue weighted by molar-refractivity contribution is 7.89. The van der Waals surface area contributed by atoms with Crippen LogP contribution in [0.5, 0.6) is 0 Å². The van der Waals surface area contributed by atoms with Gasteiger partial charge in [0.1, 0.15) is 6.54 Å². The number of hydrogen-bond donors (Lipinski definition) is 1. The molecule has 1 aliphatic rings. The van der Waals surface area contributed by atoms with Gasteiger partial charge in [-0.05, 0) is 43.2 Å². The Hall–Kier alpha value is -2.92. The van der Waals surface area contributed by atoms with Crippen LogP contribution in [-0.4, -0.2) is 41.3 Å². The van der Waals surface area contributed by atoms with Crippen molar-refractivity contribution in [3.05, 3.63) is 54.4 Å². The highest BCUT2D eigenvalue weighted by atomic mass is 32.2. The van der Waals surface area contributed by atoms with Crippen molar-refractivity contribution < 1.29 is 26.4 Å². The summed E-state index contributed by atoms with van der Waals surface area (Å²) >= 11 is 0. The summed E-state index contributed by atoms with van der Waals surface area (Å²) in [6, 6.07) is 11.8. The number of carbonyl (C=O) groups is 1. The summed E-state index contributed by atoms with van der Waals surface area (Å²) in [6.07, 6.45) is -1.21. The van der Waals surface area contributed by atoms with E-state index in [1.54, 1.807) is 12.1 Å². The second kappa shape index (κ2) is 9.14. The van der Waals surface area contributed by atoms with Crippen LogP contribution in [0.2, 0.25) is 0 Å². The van der Waals surface area contributed by atoms with Crippen molar-refractivity contribution in [3.63, 3.8) is 0 Å². The monoisotopic (exact) mass is 480 g/mol. The Kier molecular flexibility index (Phi) is 6.44. The number of anilines is 1. The zero-order valence-electron chi connectivity index (χ0n) is 17.7. The van der Waals surface area contributed by atoms with Gasteiger partial charge in [0.25, 0.3) is 0 Å². The minimum atomic E-state index is -4.74. The van der Waals surface area contributed by atoms with Crippen molar-refractivity contribution in [3.8, 4) is 0 Å². The van der Waals surface area contributed by atoms with Gasteiger partial charge in [0.2, 0.25) is 21.8 Å². The molecule has 2 heterocycles. The summed E-state index contributed by atoms with van der Waals surface area (Å²) in [5.41, 5.74) is 0.495. The highest BCUT2D eigenvalue weighted by Crippen LogP contribution is 2.31. The first-order valence-corrected chi connectivity index (χ1v) is 12.0. The lowest BCUT2D eigenvalue weighted by Gasteiger charge is -2.20. The molecule has 1 fully saturated rings. The number of sulfonamides is 1. The zero-order chi connectivity index (χ0) is 23.6. The maximum absolute atomic E-state index is 13.5. The number of alkyl halides is 3. The summed E-state index contributed by atoms with van der Waals surface area (Å²) in [4.78, 5) is 16.3. The van der Waals surface area contributed by atoms with Crippen LogP contribution >= 0.6 is 0 Å². The lowest BCUT2D eigenvalue weighted by atomic mass is 10.2. The average molecular weight is 481 g/mol. The van der Waals surface area contributed by atoms with Crippen LogP contribution in [0.3, 0.4) is 0 Å². The van der Waals surface area contributed by atoms with Crippen molar-refractivity contribution in [2.45, 2.75) is 43.3 Å². The standard InChI is InChI=1S/C22H23F3N4O3S/c23-22(24,25)21-27-18-10-3-4-11-19(18)29(21)15-20(30)26-16-8-7-9-17(14-16)33(31,32)28-12-5-1-2-6-13-28/h3-4,7-11,14H,1-2,5-6,12-13,15H2,(H,26,30). The number of nitrogens with zero attached hydrogens (tertiary/aromatic N) is 3. The Balaban J connectivity index is 1.56. The molecule has 1 N–H and O–H groups in total. The number of hydrogen-bond acceptors (Lipinski definition) is 4. The molecule has 1 aliphatic heterocycles. The van der Waals surface area contributed by atoms with E-state index in [-0.39, 0.29) is 21.6 Å². The summed E-state index contributed by atoms with van der Waals surface area (Å²) in [7, 11) is -3.73. The number of carbonyl (C=O) groups excluding carboxylic acids is 1. The minimum absolute atomic E-state index is 0.0336. The second-order valence-corrected chi connectivity index (χ2v) is 9.84. The van der Waals surface area contributed by atoms with Crippen LogP contribution in [-0.2, 0) is 27.5 Å². The predicted octanol–water partition coefficient (Wildman–Crippen LogP) is 4.26. The highest BCUT2D eigenvalue weighted by Gasteiger charge is 2.38. The van der Waals surface area contributed by atoms with Gasteiger partial charge in [0.05, 0.1) is 15.9 Å². The van der Waals surface area contributed by atoms with Crippen LogP contribution in [0.15, 0.2) is 53.4 Å². The molecule has 1 aromatic heterocycles. The third-order valence-corrected chi connectivity index (χ3v) is 7.43. The average Bonchev–Trinajstić information content (AvgIpc) is 2.94. The number of benzene rings is 2. The molecule has 1 amide bonds. The van der Waals surface area contributed by atoms with E-state index in [1.807, 2.05) is 0 Å². The van der Waals surface area contributed by atoms with E-state index >= 15 is 0 Å². The van der Waals surface area contributed by atoms with Crippen molar-refractivity contribution in [2.75, 3.05) is 18.4 Å². The van der Waals surface area contributed by atoms with Gasteiger partial charge in [0, 0.05) is 18.8 Å². The maximum Gasteiger partial charge on any atom is 0.449 e. The Morgan fingerprint density at radius 3 is 2.39 bits per heavy atom. The third-order valence-electron chi connectivity index (χ3n) is 5.53. The van der Waals surface area contributed by atoms with E-state index in [1.165, 1.54) is 40.7 Å². The molecular formula is C22H23F3N4O3S. The summed E-state index contributed by atoms with van der Waals surface area (Å²) in [6.45, 7) is 0.248. The number of imidazole rings is 1. The first-order chi connectivity index (χ1) is 15.7. The van der Waals surface area contributed by atoms with Crippen LogP contribution in [0, 0.1) is 0 Å². The Bertz CT molecular complexity index is 1260. The fraction of sp³-hybridized carbons (Fsp3) is 0.364. The zero-order valence-corrected chi connectivity index (χ0v) is 18.5. The van der Waals surface area contributed by atoms with E-state index < -0.39 is 34.5 Å². The van der Waals surface area contributed by atoms with E-state index in [4.69, 9.17) is 0 Å². The van der Waals surface area contributed by atoms with Crippen LogP contribution in [0.25, 0.3) is 11.0 Å². The van der Waals surface area contributed by atoms with Crippen molar-refractivity contribution >= 4 is 32.7 Å². The summed E-state index contributed by atoms with van der Waals surface area (Å²) < 4.78 is 68.7. The lowest BCUT2D eigenvalue weighted by molar-refractivity contribution is -0.147. The maximum atomic E-state index is 13.5. The molecule has 0 radical (unpaired) electrons. The molecule has 0 saturated carbocycles. The molecule has 0 bridgehead atoms. The molecule has 0 unspecified atom stereocenters. The smallest absolute Gasteiger partial charge is 0.324 e. The summed E-state index contributed by atoms with van der Waals surface area (Å²) in [5, 5.41) is 2.51. The minimum Gasteiger partial charge on any atom is -0.324 e. The van der Waals surface area contributed by atoms with Gasteiger partial charge >= 0.3 is 6.18 Å². The van der Waals surface area contributed by atoms with Crippen molar-refractivity contribution in [1.29, 1.82) is 0 Å². The quantitative estimate of drug-likeness (QED) is 0.592. The predicted molar refractivity (Wildman–Crippen MR) is 117 cm³/mol. The van der Waals surface area contributed by atoms with Gasteiger partial charge in [-0.25, -0.2) is 13.4 Å². The molecule has 0 atom stereocenters. The molecule has 33 heavy (non-hydrogen) atoms. The molecule has 0 spiro atoms. The number of halogens is 3.